The molecular weight excluding hydrogens is 246 g/mol. The molecule has 0 fully saturated rings. The van der Waals surface area contributed by atoms with Gasteiger partial charge in [0, 0.05) is 11.8 Å². The number of aromatic nitrogens is 1. The van der Waals surface area contributed by atoms with Crippen LogP contribution < -0.4 is 0 Å². The first kappa shape index (κ1) is 12.8. The van der Waals surface area contributed by atoms with Crippen molar-refractivity contribution in [2.45, 2.75) is 19.8 Å². The van der Waals surface area contributed by atoms with Crippen molar-refractivity contribution in [3.8, 4) is 0 Å². The molecule has 1 heterocycles. The molecule has 0 aliphatic heterocycles. The van der Waals surface area contributed by atoms with E-state index in [-0.39, 0.29) is 0 Å². The van der Waals surface area contributed by atoms with E-state index in [1.807, 2.05) is 42.6 Å². The lowest BCUT2D eigenvalue weighted by Gasteiger charge is -2.10. The van der Waals surface area contributed by atoms with E-state index in [1.54, 1.807) is 11.3 Å². The van der Waals surface area contributed by atoms with Crippen molar-refractivity contribution >= 4 is 17.3 Å². The Morgan fingerprint density at radius 3 is 2.61 bits per heavy atom. The van der Waals surface area contributed by atoms with Crippen LogP contribution in [0, 0.1) is 12.8 Å². The fraction of sp³-hybridized carbons (Fsp3) is 0.286. The highest BCUT2D eigenvalue weighted by Crippen LogP contribution is 2.17. The number of hydrogen-bond donors (Lipinski definition) is 1. The van der Waals surface area contributed by atoms with Gasteiger partial charge in [-0.25, -0.2) is 4.98 Å². The molecule has 0 radical (unpaired) electrons. The van der Waals surface area contributed by atoms with Crippen LogP contribution in [0.25, 0.3) is 0 Å². The monoisotopic (exact) mass is 261 g/mol. The van der Waals surface area contributed by atoms with Gasteiger partial charge in [0.25, 0.3) is 0 Å². The predicted octanol–water partition coefficient (Wildman–Crippen LogP) is 2.94. The number of benzene rings is 1. The minimum absolute atomic E-state index is 0.408. The minimum atomic E-state index is -0.760. The lowest BCUT2D eigenvalue weighted by Crippen LogP contribution is -2.19. The second-order valence-electron chi connectivity index (χ2n) is 4.29. The summed E-state index contributed by atoms with van der Waals surface area (Å²) in [5, 5.41) is 12.2. The molecule has 0 saturated heterocycles. The molecule has 0 spiro atoms. The van der Waals surface area contributed by atoms with Crippen molar-refractivity contribution in [2.24, 2.45) is 5.92 Å². The molecule has 0 aliphatic rings. The number of aliphatic carboxylic acids is 1. The van der Waals surface area contributed by atoms with Gasteiger partial charge in [0.05, 0.1) is 16.6 Å². The summed E-state index contributed by atoms with van der Waals surface area (Å²) in [5.74, 6) is -1.17. The molecule has 1 aromatic heterocycles. The second-order valence-corrected chi connectivity index (χ2v) is 5.35. The molecular formula is C14H15NO2S. The number of carboxylic acid groups (broad SMARTS) is 1. The van der Waals surface area contributed by atoms with E-state index in [0.29, 0.717) is 12.8 Å². The molecule has 1 N–H and O–H groups in total. The molecule has 0 saturated carbocycles. The number of nitrogens with zero attached hydrogens (tertiary/aromatic N) is 1. The van der Waals surface area contributed by atoms with Gasteiger partial charge in [-0.3, -0.25) is 4.79 Å². The maximum absolute atomic E-state index is 11.3. The number of rotatable bonds is 5. The Morgan fingerprint density at radius 2 is 2.06 bits per heavy atom. The summed E-state index contributed by atoms with van der Waals surface area (Å²) in [7, 11) is 0. The summed E-state index contributed by atoms with van der Waals surface area (Å²) in [6.45, 7) is 1.93. The topological polar surface area (TPSA) is 50.2 Å². The van der Waals surface area contributed by atoms with E-state index in [4.69, 9.17) is 0 Å². The Balaban J connectivity index is 2.07. The fourth-order valence-electron chi connectivity index (χ4n) is 1.90. The molecule has 4 heteroatoms. The van der Waals surface area contributed by atoms with Crippen LogP contribution in [0.1, 0.15) is 16.3 Å². The third-order valence-corrected chi connectivity index (χ3v) is 3.62. The van der Waals surface area contributed by atoms with Crippen LogP contribution in [0.5, 0.6) is 0 Å². The van der Waals surface area contributed by atoms with E-state index in [1.165, 1.54) is 0 Å². The van der Waals surface area contributed by atoms with Gasteiger partial charge in [0.1, 0.15) is 0 Å². The van der Waals surface area contributed by atoms with Crippen molar-refractivity contribution in [2.75, 3.05) is 0 Å². The van der Waals surface area contributed by atoms with Gasteiger partial charge in [-0.15, -0.1) is 11.3 Å². The zero-order valence-corrected chi connectivity index (χ0v) is 11.0. The highest BCUT2D eigenvalue weighted by atomic mass is 32.1. The highest BCUT2D eigenvalue weighted by molar-refractivity contribution is 7.09. The van der Waals surface area contributed by atoms with Crippen LogP contribution in [0.15, 0.2) is 35.7 Å². The summed E-state index contributed by atoms with van der Waals surface area (Å²) in [5.41, 5.74) is 1.93. The van der Waals surface area contributed by atoms with Crippen LogP contribution in [0.2, 0.25) is 0 Å². The average Bonchev–Trinajstić information content (AvgIpc) is 2.75. The largest absolute Gasteiger partial charge is 0.481 e. The third kappa shape index (κ3) is 3.40. The van der Waals surface area contributed by atoms with Crippen LogP contribution in [-0.2, 0) is 17.6 Å². The summed E-state index contributed by atoms with van der Waals surface area (Å²) < 4.78 is 0. The van der Waals surface area contributed by atoms with Crippen LogP contribution in [-0.4, -0.2) is 16.1 Å². The molecule has 3 nitrogen and oxygen atoms in total. The molecule has 0 bridgehead atoms. The Labute approximate surface area is 110 Å². The molecule has 1 aromatic carbocycles. The fourth-order valence-corrected chi connectivity index (χ4v) is 2.53. The van der Waals surface area contributed by atoms with Gasteiger partial charge in [-0.2, -0.15) is 0 Å². The van der Waals surface area contributed by atoms with Gasteiger partial charge in [-0.1, -0.05) is 30.3 Å². The molecule has 2 rings (SSSR count). The molecule has 1 atom stereocenters. The SMILES string of the molecule is Cc1nc(CC(Cc2ccccc2)C(=O)O)cs1. The van der Waals surface area contributed by atoms with Crippen LogP contribution >= 0.6 is 11.3 Å². The number of thiazole rings is 1. The van der Waals surface area contributed by atoms with Crippen LogP contribution in [0.4, 0.5) is 0 Å². The van der Waals surface area contributed by atoms with Crippen molar-refractivity contribution in [1.82, 2.24) is 4.98 Å². The molecule has 1 unspecified atom stereocenters. The Kier molecular flexibility index (Phi) is 4.10. The number of hydrogen-bond acceptors (Lipinski definition) is 3. The maximum Gasteiger partial charge on any atom is 0.307 e. The average molecular weight is 261 g/mol. The van der Waals surface area contributed by atoms with Crippen molar-refractivity contribution < 1.29 is 9.90 Å². The zero-order valence-electron chi connectivity index (χ0n) is 10.2. The predicted molar refractivity (Wildman–Crippen MR) is 71.8 cm³/mol. The van der Waals surface area contributed by atoms with E-state index >= 15 is 0 Å². The Bertz CT molecular complexity index is 522. The first-order valence-electron chi connectivity index (χ1n) is 5.83. The normalized spacial score (nSPS) is 12.3. The van der Waals surface area contributed by atoms with E-state index in [2.05, 4.69) is 4.98 Å². The van der Waals surface area contributed by atoms with E-state index in [9.17, 15) is 9.90 Å². The van der Waals surface area contributed by atoms with Gasteiger partial charge < -0.3 is 5.11 Å². The molecule has 18 heavy (non-hydrogen) atoms. The van der Waals surface area contributed by atoms with Crippen LogP contribution in [0.3, 0.4) is 0 Å². The number of aryl methyl sites for hydroxylation is 1. The second kappa shape index (κ2) is 5.78. The lowest BCUT2D eigenvalue weighted by atomic mass is 9.95. The molecule has 0 aliphatic carbocycles. The van der Waals surface area contributed by atoms with Gasteiger partial charge in [0.15, 0.2) is 0 Å². The molecule has 0 amide bonds. The number of carbonyl (C=O) groups is 1. The quantitative estimate of drug-likeness (QED) is 0.900. The van der Waals surface area contributed by atoms with Crippen molar-refractivity contribution in [3.63, 3.8) is 0 Å². The van der Waals surface area contributed by atoms with Gasteiger partial charge in [0.2, 0.25) is 0 Å². The highest BCUT2D eigenvalue weighted by Gasteiger charge is 2.19. The first-order valence-corrected chi connectivity index (χ1v) is 6.71. The Morgan fingerprint density at radius 1 is 1.33 bits per heavy atom. The lowest BCUT2D eigenvalue weighted by molar-refractivity contribution is -0.141. The maximum atomic E-state index is 11.3. The van der Waals surface area contributed by atoms with E-state index in [0.717, 1.165) is 16.3 Å². The first-order chi connectivity index (χ1) is 8.65. The summed E-state index contributed by atoms with van der Waals surface area (Å²) in [6.07, 6.45) is 1.04. The van der Waals surface area contributed by atoms with Crippen molar-refractivity contribution in [3.05, 3.63) is 52.0 Å². The molecule has 2 aromatic rings. The minimum Gasteiger partial charge on any atom is -0.481 e. The van der Waals surface area contributed by atoms with E-state index < -0.39 is 11.9 Å². The zero-order chi connectivity index (χ0) is 13.0. The smallest absolute Gasteiger partial charge is 0.307 e. The third-order valence-electron chi connectivity index (χ3n) is 2.80. The Hall–Kier alpha value is -1.68. The van der Waals surface area contributed by atoms with Gasteiger partial charge >= 0.3 is 5.97 Å². The standard InChI is InChI=1S/C14H15NO2S/c1-10-15-13(9-18-10)8-12(14(16)17)7-11-5-3-2-4-6-11/h2-6,9,12H,7-8H2,1H3,(H,16,17). The van der Waals surface area contributed by atoms with Gasteiger partial charge in [-0.05, 0) is 18.9 Å². The summed E-state index contributed by atoms with van der Waals surface area (Å²) in [4.78, 5) is 15.6. The van der Waals surface area contributed by atoms with Crippen molar-refractivity contribution in [1.29, 1.82) is 0 Å². The summed E-state index contributed by atoms with van der Waals surface area (Å²) in [6, 6.07) is 9.72. The summed E-state index contributed by atoms with van der Waals surface area (Å²) >= 11 is 1.56. The number of carboxylic acids is 1. The molecule has 94 valence electrons.